The zero-order chi connectivity index (χ0) is 14.7. The van der Waals surface area contributed by atoms with Crippen molar-refractivity contribution in [3.63, 3.8) is 0 Å². The van der Waals surface area contributed by atoms with Gasteiger partial charge in [0.2, 0.25) is 5.95 Å². The highest BCUT2D eigenvalue weighted by atomic mass is 35.5. The number of anilines is 2. The smallest absolute Gasteiger partial charge is 0.356 e. The number of ether oxygens (including phenoxy) is 1. The minimum atomic E-state index is -0.532. The van der Waals surface area contributed by atoms with Crippen molar-refractivity contribution in [3.8, 4) is 0 Å². The van der Waals surface area contributed by atoms with E-state index in [1.807, 2.05) is 0 Å². The van der Waals surface area contributed by atoms with Crippen LogP contribution in [-0.4, -0.2) is 23.0 Å². The minimum absolute atomic E-state index is 0.167. The molecular weight excluding hydrogens is 301 g/mol. The van der Waals surface area contributed by atoms with E-state index in [1.165, 1.54) is 13.2 Å². The average Bonchev–Trinajstić information content (AvgIpc) is 2.42. The van der Waals surface area contributed by atoms with Gasteiger partial charge in [0.15, 0.2) is 5.69 Å². The summed E-state index contributed by atoms with van der Waals surface area (Å²) in [4.78, 5) is 19.8. The fourth-order valence-electron chi connectivity index (χ4n) is 1.55. The summed E-state index contributed by atoms with van der Waals surface area (Å²) in [6.07, 6.45) is 0. The number of aryl methyl sites for hydroxylation is 1. The van der Waals surface area contributed by atoms with Crippen molar-refractivity contribution >= 4 is 40.8 Å². The van der Waals surface area contributed by atoms with E-state index in [2.05, 4.69) is 20.0 Å². The van der Waals surface area contributed by atoms with Crippen LogP contribution in [0.1, 0.15) is 16.2 Å². The minimum Gasteiger partial charge on any atom is -0.464 e. The van der Waals surface area contributed by atoms with E-state index in [1.54, 1.807) is 25.1 Å². The van der Waals surface area contributed by atoms with Crippen molar-refractivity contribution in [2.45, 2.75) is 6.92 Å². The van der Waals surface area contributed by atoms with Gasteiger partial charge in [0.05, 0.1) is 22.8 Å². The molecule has 0 unspecified atom stereocenters. The molecule has 0 aliphatic rings. The maximum absolute atomic E-state index is 11.5. The molecule has 0 saturated carbocycles. The number of hydrogen-bond donors (Lipinski definition) is 1. The molecule has 0 amide bonds. The average molecular weight is 312 g/mol. The van der Waals surface area contributed by atoms with Crippen molar-refractivity contribution < 1.29 is 9.53 Å². The topological polar surface area (TPSA) is 64.1 Å². The lowest BCUT2D eigenvalue weighted by atomic mass is 10.3. The lowest BCUT2D eigenvalue weighted by Crippen LogP contribution is -2.08. The third-order valence-corrected chi connectivity index (χ3v) is 3.27. The molecule has 2 rings (SSSR count). The molecule has 104 valence electrons. The Labute approximate surface area is 125 Å². The van der Waals surface area contributed by atoms with Gasteiger partial charge in [-0.05, 0) is 25.1 Å². The van der Waals surface area contributed by atoms with E-state index >= 15 is 0 Å². The van der Waals surface area contributed by atoms with Gasteiger partial charge < -0.3 is 10.1 Å². The van der Waals surface area contributed by atoms with Crippen LogP contribution in [0.2, 0.25) is 10.0 Å². The first-order valence-electron chi connectivity index (χ1n) is 5.66. The van der Waals surface area contributed by atoms with E-state index in [4.69, 9.17) is 23.2 Å². The molecule has 0 aliphatic heterocycles. The van der Waals surface area contributed by atoms with Crippen LogP contribution in [0.15, 0.2) is 24.3 Å². The summed E-state index contributed by atoms with van der Waals surface area (Å²) in [5, 5.41) is 3.70. The van der Waals surface area contributed by atoms with Gasteiger partial charge >= 0.3 is 5.97 Å². The summed E-state index contributed by atoms with van der Waals surface area (Å²) in [6, 6.07) is 6.69. The molecule has 0 radical (unpaired) electrons. The highest BCUT2D eigenvalue weighted by Gasteiger charge is 2.12. The van der Waals surface area contributed by atoms with Crippen LogP contribution in [0.3, 0.4) is 0 Å². The zero-order valence-electron chi connectivity index (χ0n) is 10.8. The predicted octanol–water partition coefficient (Wildman–Crippen LogP) is 3.62. The molecule has 0 bridgehead atoms. The number of carbonyl (C=O) groups is 1. The van der Waals surface area contributed by atoms with Crippen molar-refractivity contribution in [3.05, 3.63) is 45.7 Å². The van der Waals surface area contributed by atoms with Crippen LogP contribution in [0.5, 0.6) is 0 Å². The van der Waals surface area contributed by atoms with Crippen LogP contribution in [0, 0.1) is 6.92 Å². The third-order valence-electron chi connectivity index (χ3n) is 2.45. The summed E-state index contributed by atoms with van der Waals surface area (Å²) in [6.45, 7) is 1.75. The quantitative estimate of drug-likeness (QED) is 0.877. The Bertz CT molecular complexity index is 662. The number of benzene rings is 1. The second-order valence-corrected chi connectivity index (χ2v) is 4.72. The van der Waals surface area contributed by atoms with Crippen molar-refractivity contribution in [2.24, 2.45) is 0 Å². The monoisotopic (exact) mass is 311 g/mol. The Kier molecular flexibility index (Phi) is 4.42. The second kappa shape index (κ2) is 6.07. The van der Waals surface area contributed by atoms with Gasteiger partial charge in [-0.1, -0.05) is 29.3 Å². The first kappa shape index (κ1) is 14.6. The summed E-state index contributed by atoms with van der Waals surface area (Å²) < 4.78 is 4.64. The summed E-state index contributed by atoms with van der Waals surface area (Å²) in [5.74, 6) is -0.287. The zero-order valence-corrected chi connectivity index (χ0v) is 12.3. The fraction of sp³-hybridized carbons (Fsp3) is 0.154. The highest BCUT2D eigenvalue weighted by molar-refractivity contribution is 6.43. The van der Waals surface area contributed by atoms with E-state index in [0.29, 0.717) is 21.4 Å². The number of halogens is 2. The number of esters is 1. The lowest BCUT2D eigenvalue weighted by molar-refractivity contribution is 0.0594. The Morgan fingerprint density at radius 1 is 1.30 bits per heavy atom. The molecule has 7 heteroatoms. The summed E-state index contributed by atoms with van der Waals surface area (Å²) in [5.41, 5.74) is 1.35. The van der Waals surface area contributed by atoms with Crippen LogP contribution < -0.4 is 5.32 Å². The molecule has 0 fully saturated rings. The lowest BCUT2D eigenvalue weighted by Gasteiger charge is -2.09. The predicted molar refractivity (Wildman–Crippen MR) is 77.9 cm³/mol. The van der Waals surface area contributed by atoms with E-state index in [9.17, 15) is 4.79 Å². The van der Waals surface area contributed by atoms with Crippen LogP contribution in [0.4, 0.5) is 11.6 Å². The summed E-state index contributed by atoms with van der Waals surface area (Å²) in [7, 11) is 1.29. The SMILES string of the molecule is COC(=O)c1cc(C)nc(Nc2cccc(Cl)c2Cl)n1. The molecule has 0 spiro atoms. The van der Waals surface area contributed by atoms with Gasteiger partial charge in [0.1, 0.15) is 0 Å². The maximum Gasteiger partial charge on any atom is 0.356 e. The van der Waals surface area contributed by atoms with Gasteiger partial charge in [-0.2, -0.15) is 0 Å². The molecular formula is C13H11Cl2N3O2. The summed E-state index contributed by atoms with van der Waals surface area (Å²) >= 11 is 12.0. The Balaban J connectivity index is 2.36. The standard InChI is InChI=1S/C13H11Cl2N3O2/c1-7-6-10(12(19)20-2)18-13(16-7)17-9-5-3-4-8(14)11(9)15/h3-6H,1-2H3,(H,16,17,18). The number of aromatic nitrogens is 2. The Hall–Kier alpha value is -1.85. The van der Waals surface area contributed by atoms with Gasteiger partial charge in [0, 0.05) is 5.69 Å². The van der Waals surface area contributed by atoms with E-state index < -0.39 is 5.97 Å². The molecule has 1 aromatic heterocycles. The Morgan fingerprint density at radius 3 is 2.75 bits per heavy atom. The molecule has 0 atom stereocenters. The first-order valence-corrected chi connectivity index (χ1v) is 6.42. The maximum atomic E-state index is 11.5. The van der Waals surface area contributed by atoms with Crippen LogP contribution in [-0.2, 0) is 4.74 Å². The highest BCUT2D eigenvalue weighted by Crippen LogP contribution is 2.30. The number of nitrogens with one attached hydrogen (secondary N) is 1. The molecule has 2 aromatic rings. The number of hydrogen-bond acceptors (Lipinski definition) is 5. The third kappa shape index (κ3) is 3.18. The first-order chi connectivity index (χ1) is 9.51. The van der Waals surface area contributed by atoms with Crippen molar-refractivity contribution in [1.29, 1.82) is 0 Å². The van der Waals surface area contributed by atoms with Crippen molar-refractivity contribution in [1.82, 2.24) is 9.97 Å². The van der Waals surface area contributed by atoms with Gasteiger partial charge in [-0.15, -0.1) is 0 Å². The molecule has 0 aliphatic carbocycles. The number of nitrogens with zero attached hydrogens (tertiary/aromatic N) is 2. The van der Waals surface area contributed by atoms with Crippen LogP contribution >= 0.6 is 23.2 Å². The molecule has 1 N–H and O–H groups in total. The molecule has 0 saturated heterocycles. The van der Waals surface area contributed by atoms with Gasteiger partial charge in [0.25, 0.3) is 0 Å². The second-order valence-electron chi connectivity index (χ2n) is 3.94. The van der Waals surface area contributed by atoms with Gasteiger partial charge in [-0.3, -0.25) is 0 Å². The number of carbonyl (C=O) groups excluding carboxylic acids is 1. The van der Waals surface area contributed by atoms with E-state index in [0.717, 1.165) is 0 Å². The largest absolute Gasteiger partial charge is 0.464 e. The van der Waals surface area contributed by atoms with Crippen LogP contribution in [0.25, 0.3) is 0 Å². The number of rotatable bonds is 3. The molecule has 1 heterocycles. The molecule has 20 heavy (non-hydrogen) atoms. The number of methoxy groups -OCH3 is 1. The fourth-order valence-corrected chi connectivity index (χ4v) is 1.90. The Morgan fingerprint density at radius 2 is 2.05 bits per heavy atom. The van der Waals surface area contributed by atoms with Crippen molar-refractivity contribution in [2.75, 3.05) is 12.4 Å². The van der Waals surface area contributed by atoms with E-state index in [-0.39, 0.29) is 11.6 Å². The molecule has 5 nitrogen and oxygen atoms in total. The van der Waals surface area contributed by atoms with Gasteiger partial charge in [-0.25, -0.2) is 14.8 Å². The molecule has 1 aromatic carbocycles. The normalized spacial score (nSPS) is 10.2.